The fraction of sp³-hybridized carbons (Fsp3) is 0.333. The number of thiol groups is 1. The highest BCUT2D eigenvalue weighted by molar-refractivity contribution is 7.80. The van der Waals surface area contributed by atoms with Gasteiger partial charge in [0.05, 0.1) is 12.2 Å². The molecule has 0 aromatic heterocycles. The maximum atomic E-state index is 12.8. The lowest BCUT2D eigenvalue weighted by Gasteiger charge is -2.23. The van der Waals surface area contributed by atoms with Crippen LogP contribution >= 0.6 is 12.6 Å². The van der Waals surface area contributed by atoms with Crippen LogP contribution in [-0.4, -0.2) is 54.4 Å². The Balaban J connectivity index is 1.65. The number of carbonyl (C=O) groups excluding carboxylic acids is 2. The maximum absolute atomic E-state index is 12.8. The number of rotatable bonds is 4. The van der Waals surface area contributed by atoms with E-state index in [2.05, 4.69) is 12.6 Å². The molecule has 0 atom stereocenters. The molecular formula is C21H24N2O3S. The van der Waals surface area contributed by atoms with E-state index in [1.165, 1.54) is 0 Å². The minimum absolute atomic E-state index is 0.0121. The molecule has 1 aliphatic rings. The predicted molar refractivity (Wildman–Crippen MR) is 108 cm³/mol. The molecule has 1 fully saturated rings. The quantitative estimate of drug-likeness (QED) is 0.823. The molecule has 3 rings (SSSR count). The molecule has 27 heavy (non-hydrogen) atoms. The zero-order valence-electron chi connectivity index (χ0n) is 15.4. The van der Waals surface area contributed by atoms with Crippen LogP contribution in [0.15, 0.2) is 53.4 Å². The fourth-order valence-corrected chi connectivity index (χ4v) is 3.45. The lowest BCUT2D eigenvalue weighted by Crippen LogP contribution is -2.37. The van der Waals surface area contributed by atoms with E-state index in [-0.39, 0.29) is 11.8 Å². The Morgan fingerprint density at radius 1 is 0.926 bits per heavy atom. The number of hydrogen-bond acceptors (Lipinski definition) is 4. The number of amides is 2. The van der Waals surface area contributed by atoms with Crippen LogP contribution in [0.25, 0.3) is 0 Å². The number of nitrogens with zero attached hydrogens (tertiary/aromatic N) is 2. The molecule has 0 spiro atoms. The lowest BCUT2D eigenvalue weighted by atomic mass is 10.2. The standard InChI is InChI=1S/C21H24N2O3S/c1-2-26-17-10-8-16(9-11-17)20(24)22-12-5-13-23(15-14-22)21(25)18-6-3-4-7-19(18)27/h3-4,6-11,27H,2,5,12-15H2,1H3. The van der Waals surface area contributed by atoms with Crippen molar-refractivity contribution in [3.8, 4) is 5.75 Å². The van der Waals surface area contributed by atoms with Crippen molar-refractivity contribution in [3.05, 3.63) is 59.7 Å². The van der Waals surface area contributed by atoms with Crippen molar-refractivity contribution >= 4 is 24.4 Å². The third kappa shape index (κ3) is 4.63. The zero-order chi connectivity index (χ0) is 19.2. The smallest absolute Gasteiger partial charge is 0.255 e. The lowest BCUT2D eigenvalue weighted by molar-refractivity contribution is 0.0717. The number of ether oxygens (including phenoxy) is 1. The molecule has 0 unspecified atom stereocenters. The largest absolute Gasteiger partial charge is 0.494 e. The molecule has 1 heterocycles. The summed E-state index contributed by atoms with van der Waals surface area (Å²) >= 11 is 4.38. The fourth-order valence-electron chi connectivity index (χ4n) is 3.19. The Morgan fingerprint density at radius 2 is 1.56 bits per heavy atom. The SMILES string of the molecule is CCOc1ccc(C(=O)N2CCCN(C(=O)c3ccccc3S)CC2)cc1. The van der Waals surface area contributed by atoms with Gasteiger partial charge in [0.15, 0.2) is 0 Å². The van der Waals surface area contributed by atoms with Crippen molar-refractivity contribution in [2.24, 2.45) is 0 Å². The van der Waals surface area contributed by atoms with Gasteiger partial charge in [0, 0.05) is 36.6 Å². The first kappa shape index (κ1) is 19.3. The second-order valence-corrected chi connectivity index (χ2v) is 6.89. The van der Waals surface area contributed by atoms with E-state index in [0.29, 0.717) is 48.8 Å². The van der Waals surface area contributed by atoms with Crippen LogP contribution in [0.5, 0.6) is 5.75 Å². The summed E-state index contributed by atoms with van der Waals surface area (Å²) in [6.45, 7) is 4.83. The van der Waals surface area contributed by atoms with Crippen molar-refractivity contribution in [2.45, 2.75) is 18.2 Å². The molecule has 142 valence electrons. The summed E-state index contributed by atoms with van der Waals surface area (Å²) in [5.74, 6) is 0.713. The Kier molecular flexibility index (Phi) is 6.40. The van der Waals surface area contributed by atoms with E-state index in [0.717, 1.165) is 12.2 Å². The van der Waals surface area contributed by atoms with Gasteiger partial charge in [0.2, 0.25) is 0 Å². The van der Waals surface area contributed by atoms with Gasteiger partial charge in [0.1, 0.15) is 5.75 Å². The van der Waals surface area contributed by atoms with Gasteiger partial charge < -0.3 is 14.5 Å². The summed E-state index contributed by atoms with van der Waals surface area (Å²) in [4.78, 5) is 29.9. The average Bonchev–Trinajstić information content (AvgIpc) is 2.94. The summed E-state index contributed by atoms with van der Waals surface area (Å²) in [7, 11) is 0. The highest BCUT2D eigenvalue weighted by atomic mass is 32.1. The first-order valence-electron chi connectivity index (χ1n) is 9.19. The van der Waals surface area contributed by atoms with Crippen molar-refractivity contribution in [1.29, 1.82) is 0 Å². The number of hydrogen-bond donors (Lipinski definition) is 1. The molecule has 1 saturated heterocycles. The summed E-state index contributed by atoms with van der Waals surface area (Å²) < 4.78 is 5.42. The van der Waals surface area contributed by atoms with E-state index in [9.17, 15) is 9.59 Å². The van der Waals surface area contributed by atoms with Crippen LogP contribution in [0, 0.1) is 0 Å². The molecule has 1 aliphatic heterocycles. The Hall–Kier alpha value is -2.47. The molecule has 0 radical (unpaired) electrons. The normalized spacial score (nSPS) is 14.6. The highest BCUT2D eigenvalue weighted by Gasteiger charge is 2.24. The summed E-state index contributed by atoms with van der Waals surface area (Å²) in [5.41, 5.74) is 1.24. The second-order valence-electron chi connectivity index (χ2n) is 6.41. The van der Waals surface area contributed by atoms with Crippen LogP contribution in [0.1, 0.15) is 34.1 Å². The number of carbonyl (C=O) groups is 2. The van der Waals surface area contributed by atoms with E-state index in [1.807, 2.05) is 42.2 Å². The van der Waals surface area contributed by atoms with Crippen LogP contribution in [0.3, 0.4) is 0 Å². The van der Waals surface area contributed by atoms with Gasteiger partial charge >= 0.3 is 0 Å². The topological polar surface area (TPSA) is 49.9 Å². The van der Waals surface area contributed by atoms with Crippen molar-refractivity contribution in [2.75, 3.05) is 32.8 Å². The minimum Gasteiger partial charge on any atom is -0.494 e. The Bertz CT molecular complexity index is 807. The van der Waals surface area contributed by atoms with Gasteiger partial charge in [-0.25, -0.2) is 0 Å². The zero-order valence-corrected chi connectivity index (χ0v) is 16.3. The molecular weight excluding hydrogens is 360 g/mol. The first-order chi connectivity index (χ1) is 13.1. The molecule has 0 saturated carbocycles. The van der Waals surface area contributed by atoms with Gasteiger partial charge in [-0.2, -0.15) is 0 Å². The molecule has 0 N–H and O–H groups in total. The molecule has 2 aromatic carbocycles. The maximum Gasteiger partial charge on any atom is 0.255 e. The van der Waals surface area contributed by atoms with E-state index < -0.39 is 0 Å². The average molecular weight is 385 g/mol. The van der Waals surface area contributed by atoms with E-state index in [4.69, 9.17) is 4.74 Å². The van der Waals surface area contributed by atoms with Crippen molar-refractivity contribution < 1.29 is 14.3 Å². The molecule has 0 bridgehead atoms. The van der Waals surface area contributed by atoms with Crippen molar-refractivity contribution in [3.63, 3.8) is 0 Å². The highest BCUT2D eigenvalue weighted by Crippen LogP contribution is 2.18. The first-order valence-corrected chi connectivity index (χ1v) is 9.64. The third-order valence-corrected chi connectivity index (χ3v) is 5.01. The predicted octanol–water partition coefficient (Wildman–Crippen LogP) is 3.36. The summed E-state index contributed by atoms with van der Waals surface area (Å²) in [6.07, 6.45) is 0.753. The molecule has 0 aliphatic carbocycles. The van der Waals surface area contributed by atoms with Gasteiger partial charge in [-0.1, -0.05) is 12.1 Å². The van der Waals surface area contributed by atoms with Crippen LogP contribution in [0.4, 0.5) is 0 Å². The summed E-state index contributed by atoms with van der Waals surface area (Å²) in [6, 6.07) is 14.5. The van der Waals surface area contributed by atoms with Crippen LogP contribution in [0.2, 0.25) is 0 Å². The van der Waals surface area contributed by atoms with Crippen LogP contribution < -0.4 is 4.74 Å². The third-order valence-electron chi connectivity index (χ3n) is 4.62. The number of benzene rings is 2. The molecule has 5 nitrogen and oxygen atoms in total. The minimum atomic E-state index is -0.0315. The monoisotopic (exact) mass is 384 g/mol. The second kappa shape index (κ2) is 8.95. The van der Waals surface area contributed by atoms with Gasteiger partial charge in [-0.15, -0.1) is 12.6 Å². The van der Waals surface area contributed by atoms with Gasteiger partial charge in [0.25, 0.3) is 11.8 Å². The van der Waals surface area contributed by atoms with E-state index in [1.54, 1.807) is 23.1 Å². The van der Waals surface area contributed by atoms with Gasteiger partial charge in [-0.05, 0) is 49.7 Å². The Labute approximate surface area is 165 Å². The molecule has 2 aromatic rings. The van der Waals surface area contributed by atoms with E-state index >= 15 is 0 Å². The molecule has 6 heteroatoms. The Morgan fingerprint density at radius 3 is 2.19 bits per heavy atom. The van der Waals surface area contributed by atoms with Gasteiger partial charge in [-0.3, -0.25) is 9.59 Å². The molecule has 2 amide bonds. The van der Waals surface area contributed by atoms with Crippen LogP contribution in [-0.2, 0) is 0 Å². The van der Waals surface area contributed by atoms with Crippen molar-refractivity contribution in [1.82, 2.24) is 9.80 Å². The summed E-state index contributed by atoms with van der Waals surface area (Å²) in [5, 5.41) is 0.